The summed E-state index contributed by atoms with van der Waals surface area (Å²) in [5.74, 6) is -0.0891. The van der Waals surface area contributed by atoms with Crippen LogP contribution in [0.1, 0.15) is 0 Å². The lowest BCUT2D eigenvalue weighted by Gasteiger charge is -2.01. The predicted molar refractivity (Wildman–Crippen MR) is 67.3 cm³/mol. The van der Waals surface area contributed by atoms with Gasteiger partial charge in [0.25, 0.3) is 0 Å². The van der Waals surface area contributed by atoms with Gasteiger partial charge in [0.1, 0.15) is 17.3 Å². The van der Waals surface area contributed by atoms with Crippen LogP contribution >= 0.6 is 0 Å². The largest absolute Gasteiger partial charge is 0.443 e. The summed E-state index contributed by atoms with van der Waals surface area (Å²) in [6.07, 6.45) is 1.32. The predicted octanol–water partition coefficient (Wildman–Crippen LogP) is 4.29. The van der Waals surface area contributed by atoms with Gasteiger partial charge in [-0.2, -0.15) is 0 Å². The zero-order valence-electron chi connectivity index (χ0n) is 9.81. The molecule has 0 amide bonds. The summed E-state index contributed by atoms with van der Waals surface area (Å²) in [7, 11) is 0. The molecule has 4 heteroatoms. The number of halogens is 2. The Labute approximate surface area is 108 Å². The number of rotatable bonds is 2. The van der Waals surface area contributed by atoms with Crippen molar-refractivity contribution in [1.82, 2.24) is 4.98 Å². The monoisotopic (exact) mass is 257 g/mol. The molecule has 94 valence electrons. The molecule has 0 spiro atoms. The van der Waals surface area contributed by atoms with Crippen LogP contribution in [-0.2, 0) is 0 Å². The molecule has 3 rings (SSSR count). The third kappa shape index (κ3) is 2.25. The van der Waals surface area contributed by atoms with Crippen molar-refractivity contribution in [1.29, 1.82) is 0 Å². The van der Waals surface area contributed by atoms with Gasteiger partial charge in [-0.1, -0.05) is 0 Å². The topological polar surface area (TPSA) is 26.0 Å². The van der Waals surface area contributed by atoms with E-state index in [0.717, 1.165) is 11.1 Å². The fourth-order valence-electron chi connectivity index (χ4n) is 1.87. The molecule has 0 radical (unpaired) electrons. The highest BCUT2D eigenvalue weighted by atomic mass is 19.1. The first-order valence-corrected chi connectivity index (χ1v) is 5.69. The van der Waals surface area contributed by atoms with E-state index in [2.05, 4.69) is 4.98 Å². The summed E-state index contributed by atoms with van der Waals surface area (Å²) in [5.41, 5.74) is 2.07. The Morgan fingerprint density at radius 2 is 1.26 bits per heavy atom. The molecule has 0 bridgehead atoms. The van der Waals surface area contributed by atoms with Crippen molar-refractivity contribution in [2.24, 2.45) is 0 Å². The third-order valence-corrected chi connectivity index (χ3v) is 2.79. The first-order chi connectivity index (χ1) is 9.24. The highest BCUT2D eigenvalue weighted by Crippen LogP contribution is 2.31. The SMILES string of the molecule is Fc1ccc(-c2ncoc2-c2ccc(F)cc2)cc1. The van der Waals surface area contributed by atoms with Gasteiger partial charge in [0.2, 0.25) is 0 Å². The van der Waals surface area contributed by atoms with E-state index < -0.39 is 0 Å². The molecule has 0 unspecified atom stereocenters. The zero-order valence-corrected chi connectivity index (χ0v) is 9.81. The van der Waals surface area contributed by atoms with Gasteiger partial charge < -0.3 is 4.42 Å². The van der Waals surface area contributed by atoms with E-state index in [1.165, 1.54) is 30.7 Å². The Kier molecular flexibility index (Phi) is 2.83. The van der Waals surface area contributed by atoms with Crippen molar-refractivity contribution in [3.8, 4) is 22.6 Å². The van der Waals surface area contributed by atoms with Crippen LogP contribution < -0.4 is 0 Å². The van der Waals surface area contributed by atoms with Gasteiger partial charge >= 0.3 is 0 Å². The molecule has 0 aliphatic carbocycles. The van der Waals surface area contributed by atoms with Gasteiger partial charge in [0, 0.05) is 11.1 Å². The van der Waals surface area contributed by atoms with E-state index in [1.807, 2.05) is 0 Å². The molecule has 0 N–H and O–H groups in total. The lowest BCUT2D eigenvalue weighted by Crippen LogP contribution is -1.83. The average molecular weight is 257 g/mol. The Bertz CT molecular complexity index is 627. The summed E-state index contributed by atoms with van der Waals surface area (Å²) < 4.78 is 31.2. The second-order valence-electron chi connectivity index (χ2n) is 4.04. The molecule has 2 aromatic carbocycles. The summed E-state index contributed by atoms with van der Waals surface area (Å²) in [6, 6.07) is 11.9. The lowest BCUT2D eigenvalue weighted by molar-refractivity contribution is 0.571. The Morgan fingerprint density at radius 1 is 0.737 bits per heavy atom. The summed E-state index contributed by atoms with van der Waals surface area (Å²) >= 11 is 0. The summed E-state index contributed by atoms with van der Waals surface area (Å²) in [4.78, 5) is 4.13. The van der Waals surface area contributed by atoms with E-state index >= 15 is 0 Å². The van der Waals surface area contributed by atoms with E-state index in [9.17, 15) is 8.78 Å². The van der Waals surface area contributed by atoms with Gasteiger partial charge in [-0.15, -0.1) is 0 Å². The minimum Gasteiger partial charge on any atom is -0.443 e. The standard InChI is InChI=1S/C15H9F2NO/c16-12-5-1-10(2-6-12)14-15(19-9-18-14)11-3-7-13(17)8-4-11/h1-9H. The number of hydrogen-bond donors (Lipinski definition) is 0. The van der Waals surface area contributed by atoms with E-state index in [4.69, 9.17) is 4.42 Å². The van der Waals surface area contributed by atoms with E-state index in [1.54, 1.807) is 24.3 Å². The van der Waals surface area contributed by atoms with Crippen LogP contribution in [0.4, 0.5) is 8.78 Å². The highest BCUT2D eigenvalue weighted by molar-refractivity contribution is 5.76. The zero-order chi connectivity index (χ0) is 13.2. The molecule has 19 heavy (non-hydrogen) atoms. The van der Waals surface area contributed by atoms with Gasteiger partial charge in [-0.3, -0.25) is 0 Å². The Morgan fingerprint density at radius 3 is 1.84 bits per heavy atom. The number of benzene rings is 2. The van der Waals surface area contributed by atoms with Crippen molar-refractivity contribution < 1.29 is 13.2 Å². The van der Waals surface area contributed by atoms with Crippen LogP contribution in [0.15, 0.2) is 59.3 Å². The third-order valence-electron chi connectivity index (χ3n) is 2.79. The first-order valence-electron chi connectivity index (χ1n) is 5.69. The van der Waals surface area contributed by atoms with E-state index in [-0.39, 0.29) is 11.6 Å². The maximum Gasteiger partial charge on any atom is 0.182 e. The molecule has 0 saturated heterocycles. The summed E-state index contributed by atoms with van der Waals surface area (Å²) in [5, 5.41) is 0. The van der Waals surface area contributed by atoms with Gasteiger partial charge in [-0.25, -0.2) is 13.8 Å². The Hall–Kier alpha value is -2.49. The van der Waals surface area contributed by atoms with Crippen LogP contribution in [0.2, 0.25) is 0 Å². The molecule has 1 heterocycles. The molecule has 0 aliphatic heterocycles. The van der Waals surface area contributed by atoms with Crippen LogP contribution in [0.3, 0.4) is 0 Å². The van der Waals surface area contributed by atoms with Crippen molar-refractivity contribution in [2.45, 2.75) is 0 Å². The Balaban J connectivity index is 2.07. The molecule has 0 aliphatic rings. The minimum atomic E-state index is -0.313. The van der Waals surface area contributed by atoms with E-state index in [0.29, 0.717) is 11.5 Å². The van der Waals surface area contributed by atoms with Crippen molar-refractivity contribution in [2.75, 3.05) is 0 Å². The highest BCUT2D eigenvalue weighted by Gasteiger charge is 2.12. The summed E-state index contributed by atoms with van der Waals surface area (Å²) in [6.45, 7) is 0. The fourth-order valence-corrected chi connectivity index (χ4v) is 1.87. The smallest absolute Gasteiger partial charge is 0.182 e. The fraction of sp³-hybridized carbons (Fsp3) is 0. The minimum absolute atomic E-state index is 0.310. The molecule has 0 saturated carbocycles. The number of aromatic nitrogens is 1. The van der Waals surface area contributed by atoms with Crippen LogP contribution in [0.25, 0.3) is 22.6 Å². The quantitative estimate of drug-likeness (QED) is 0.684. The van der Waals surface area contributed by atoms with Crippen molar-refractivity contribution in [3.63, 3.8) is 0 Å². The maximum absolute atomic E-state index is 12.9. The second-order valence-corrected chi connectivity index (χ2v) is 4.04. The average Bonchev–Trinajstić information content (AvgIpc) is 2.90. The molecule has 0 fully saturated rings. The van der Waals surface area contributed by atoms with Crippen LogP contribution in [-0.4, -0.2) is 4.98 Å². The van der Waals surface area contributed by atoms with Gasteiger partial charge in [0.05, 0.1) is 0 Å². The second kappa shape index (κ2) is 4.65. The van der Waals surface area contributed by atoms with Crippen molar-refractivity contribution in [3.05, 3.63) is 66.6 Å². The molecule has 0 atom stereocenters. The molecular weight excluding hydrogens is 248 g/mol. The number of oxazole rings is 1. The van der Waals surface area contributed by atoms with Crippen LogP contribution in [0, 0.1) is 11.6 Å². The van der Waals surface area contributed by atoms with Gasteiger partial charge in [-0.05, 0) is 48.5 Å². The van der Waals surface area contributed by atoms with Gasteiger partial charge in [0.15, 0.2) is 12.2 Å². The number of nitrogens with zero attached hydrogens (tertiary/aromatic N) is 1. The van der Waals surface area contributed by atoms with Crippen molar-refractivity contribution >= 4 is 0 Å². The molecule has 1 aromatic heterocycles. The first kappa shape index (κ1) is 11.6. The maximum atomic E-state index is 12.9. The lowest BCUT2D eigenvalue weighted by atomic mass is 10.1. The number of hydrogen-bond acceptors (Lipinski definition) is 2. The van der Waals surface area contributed by atoms with Crippen LogP contribution in [0.5, 0.6) is 0 Å². The molecular formula is C15H9F2NO. The normalized spacial score (nSPS) is 10.6. The molecule has 2 nitrogen and oxygen atoms in total. The molecule has 3 aromatic rings.